The van der Waals surface area contributed by atoms with Crippen molar-refractivity contribution in [3.8, 4) is 0 Å². The van der Waals surface area contributed by atoms with E-state index in [2.05, 4.69) is 5.32 Å². The largest absolute Gasteiger partial charge is 0.356 e. The third kappa shape index (κ3) is 1.15. The molecule has 0 bridgehead atoms. The Morgan fingerprint density at radius 2 is 2.00 bits per heavy atom. The summed E-state index contributed by atoms with van der Waals surface area (Å²) in [5.74, 6) is 1.91. The maximum Gasteiger partial charge on any atom is 0.220 e. The molecule has 10 heavy (non-hydrogen) atoms. The van der Waals surface area contributed by atoms with Crippen LogP contribution in [0.25, 0.3) is 0 Å². The lowest BCUT2D eigenvalue weighted by Crippen LogP contribution is -2.34. The number of carbonyl (C=O) groups is 1. The molecule has 2 heteroatoms. The molecular weight excluding hydrogens is 126 g/mol. The van der Waals surface area contributed by atoms with E-state index >= 15 is 0 Å². The molecular formula is C8H13NO. The van der Waals surface area contributed by atoms with Gasteiger partial charge in [0.25, 0.3) is 0 Å². The number of hydrogen-bond acceptors (Lipinski definition) is 1. The van der Waals surface area contributed by atoms with Crippen molar-refractivity contribution in [1.29, 1.82) is 0 Å². The fourth-order valence-electron chi connectivity index (χ4n) is 1.78. The molecule has 0 radical (unpaired) electrons. The Balaban J connectivity index is 1.89. The molecule has 0 aromatic rings. The quantitative estimate of drug-likeness (QED) is 0.575. The van der Waals surface area contributed by atoms with E-state index in [1.165, 1.54) is 19.3 Å². The Kier molecular flexibility index (Phi) is 1.40. The summed E-state index contributed by atoms with van der Waals surface area (Å²) in [5, 5.41) is 2.86. The Hall–Kier alpha value is -0.530. The molecule has 0 aromatic carbocycles. The summed E-state index contributed by atoms with van der Waals surface area (Å²) in [5.41, 5.74) is 0. The van der Waals surface area contributed by atoms with Gasteiger partial charge in [-0.1, -0.05) is 0 Å². The summed E-state index contributed by atoms with van der Waals surface area (Å²) in [4.78, 5) is 10.9. The first-order valence-electron chi connectivity index (χ1n) is 4.13. The van der Waals surface area contributed by atoms with Crippen molar-refractivity contribution in [1.82, 2.24) is 5.32 Å². The number of hydrogen-bond donors (Lipinski definition) is 1. The first kappa shape index (κ1) is 6.20. The summed E-state index contributed by atoms with van der Waals surface area (Å²) in [6.45, 7) is 0.917. The Morgan fingerprint density at radius 1 is 1.20 bits per heavy atom. The number of nitrogens with one attached hydrogen (secondary N) is 1. The van der Waals surface area contributed by atoms with Crippen LogP contribution < -0.4 is 5.32 Å². The molecule has 1 saturated carbocycles. The Bertz CT molecular complexity index is 151. The standard InChI is InChI=1S/C8H13NO/c10-8-5-7(3-4-9-8)6-1-2-6/h6-7H,1-5H2,(H,9,10). The van der Waals surface area contributed by atoms with Gasteiger partial charge in [-0.15, -0.1) is 0 Å². The van der Waals surface area contributed by atoms with Crippen LogP contribution in [0.2, 0.25) is 0 Å². The Labute approximate surface area is 61.0 Å². The first-order chi connectivity index (χ1) is 4.86. The third-order valence-corrected chi connectivity index (χ3v) is 2.57. The highest BCUT2D eigenvalue weighted by Gasteiger charge is 2.33. The summed E-state index contributed by atoms with van der Waals surface area (Å²) in [6.07, 6.45) is 4.76. The predicted molar refractivity (Wildman–Crippen MR) is 38.5 cm³/mol. The van der Waals surface area contributed by atoms with Gasteiger partial charge in [0.15, 0.2) is 0 Å². The summed E-state index contributed by atoms with van der Waals surface area (Å²) in [7, 11) is 0. The second-order valence-electron chi connectivity index (χ2n) is 3.44. The minimum Gasteiger partial charge on any atom is -0.356 e. The van der Waals surface area contributed by atoms with Gasteiger partial charge in [-0.3, -0.25) is 4.79 Å². The molecule has 1 aliphatic carbocycles. The SMILES string of the molecule is O=C1CC(C2CC2)CCN1. The van der Waals surface area contributed by atoms with Gasteiger partial charge in [0, 0.05) is 13.0 Å². The van der Waals surface area contributed by atoms with Crippen LogP contribution in [0.15, 0.2) is 0 Å². The number of rotatable bonds is 1. The molecule has 1 N–H and O–H groups in total. The number of piperidine rings is 1. The molecule has 1 saturated heterocycles. The maximum absolute atomic E-state index is 10.9. The van der Waals surface area contributed by atoms with Crippen molar-refractivity contribution < 1.29 is 4.79 Å². The van der Waals surface area contributed by atoms with Crippen molar-refractivity contribution in [3.05, 3.63) is 0 Å². The summed E-state index contributed by atoms with van der Waals surface area (Å²) < 4.78 is 0. The molecule has 0 aromatic heterocycles. The molecule has 1 unspecified atom stereocenters. The lowest BCUT2D eigenvalue weighted by atomic mass is 9.93. The van der Waals surface area contributed by atoms with Gasteiger partial charge in [-0.25, -0.2) is 0 Å². The monoisotopic (exact) mass is 139 g/mol. The maximum atomic E-state index is 10.9. The molecule has 1 amide bonds. The first-order valence-corrected chi connectivity index (χ1v) is 4.13. The van der Waals surface area contributed by atoms with Crippen LogP contribution in [0, 0.1) is 11.8 Å². The van der Waals surface area contributed by atoms with Gasteiger partial charge in [-0.2, -0.15) is 0 Å². The van der Waals surface area contributed by atoms with Crippen molar-refractivity contribution in [2.24, 2.45) is 11.8 Å². The number of carbonyl (C=O) groups excluding carboxylic acids is 1. The molecule has 2 aliphatic rings. The molecule has 2 fully saturated rings. The number of amides is 1. The van der Waals surface area contributed by atoms with E-state index in [0.29, 0.717) is 0 Å². The van der Waals surface area contributed by atoms with Gasteiger partial charge in [0.2, 0.25) is 5.91 Å². The average molecular weight is 139 g/mol. The average Bonchev–Trinajstić information content (AvgIpc) is 2.68. The van der Waals surface area contributed by atoms with E-state index in [1.807, 2.05) is 0 Å². The van der Waals surface area contributed by atoms with Crippen molar-refractivity contribution >= 4 is 5.91 Å². The van der Waals surface area contributed by atoms with Crippen LogP contribution >= 0.6 is 0 Å². The van der Waals surface area contributed by atoms with E-state index in [1.54, 1.807) is 0 Å². The smallest absolute Gasteiger partial charge is 0.220 e. The normalized spacial score (nSPS) is 33.6. The second kappa shape index (κ2) is 2.26. The van der Waals surface area contributed by atoms with Gasteiger partial charge in [0.05, 0.1) is 0 Å². The lowest BCUT2D eigenvalue weighted by molar-refractivity contribution is -0.123. The molecule has 2 nitrogen and oxygen atoms in total. The van der Waals surface area contributed by atoms with Crippen LogP contribution in [-0.4, -0.2) is 12.5 Å². The molecule has 56 valence electrons. The third-order valence-electron chi connectivity index (χ3n) is 2.57. The van der Waals surface area contributed by atoms with Crippen LogP contribution in [0.5, 0.6) is 0 Å². The zero-order chi connectivity index (χ0) is 6.97. The molecule has 1 atom stereocenters. The minimum atomic E-state index is 0.267. The lowest BCUT2D eigenvalue weighted by Gasteiger charge is -2.21. The van der Waals surface area contributed by atoms with E-state index < -0.39 is 0 Å². The van der Waals surface area contributed by atoms with E-state index in [-0.39, 0.29) is 5.91 Å². The zero-order valence-electron chi connectivity index (χ0n) is 6.10. The van der Waals surface area contributed by atoms with Crippen molar-refractivity contribution in [2.75, 3.05) is 6.54 Å². The van der Waals surface area contributed by atoms with E-state index in [9.17, 15) is 4.79 Å². The topological polar surface area (TPSA) is 29.1 Å². The second-order valence-corrected chi connectivity index (χ2v) is 3.44. The van der Waals surface area contributed by atoms with Crippen molar-refractivity contribution in [2.45, 2.75) is 25.7 Å². The van der Waals surface area contributed by atoms with Crippen LogP contribution in [0.3, 0.4) is 0 Å². The zero-order valence-corrected chi connectivity index (χ0v) is 6.10. The molecule has 1 heterocycles. The summed E-state index contributed by atoms with van der Waals surface area (Å²) >= 11 is 0. The summed E-state index contributed by atoms with van der Waals surface area (Å²) in [6, 6.07) is 0. The fourth-order valence-corrected chi connectivity index (χ4v) is 1.78. The van der Waals surface area contributed by atoms with Gasteiger partial charge < -0.3 is 5.32 Å². The molecule has 1 aliphatic heterocycles. The Morgan fingerprint density at radius 3 is 2.60 bits per heavy atom. The molecule has 0 spiro atoms. The minimum absolute atomic E-state index is 0.267. The molecule has 2 rings (SSSR count). The van der Waals surface area contributed by atoms with Crippen LogP contribution in [0.4, 0.5) is 0 Å². The predicted octanol–water partition coefficient (Wildman–Crippen LogP) is 0.923. The van der Waals surface area contributed by atoms with E-state index in [4.69, 9.17) is 0 Å². The van der Waals surface area contributed by atoms with Gasteiger partial charge in [0.1, 0.15) is 0 Å². The van der Waals surface area contributed by atoms with Gasteiger partial charge >= 0.3 is 0 Å². The van der Waals surface area contributed by atoms with Gasteiger partial charge in [-0.05, 0) is 31.1 Å². The fraction of sp³-hybridized carbons (Fsp3) is 0.875. The highest BCUT2D eigenvalue weighted by atomic mass is 16.1. The van der Waals surface area contributed by atoms with Crippen molar-refractivity contribution in [3.63, 3.8) is 0 Å². The van der Waals surface area contributed by atoms with E-state index in [0.717, 1.165) is 24.8 Å². The van der Waals surface area contributed by atoms with Crippen LogP contribution in [-0.2, 0) is 4.79 Å². The highest BCUT2D eigenvalue weighted by Crippen LogP contribution is 2.40. The highest BCUT2D eigenvalue weighted by molar-refractivity contribution is 5.76. The van der Waals surface area contributed by atoms with Crippen LogP contribution in [0.1, 0.15) is 25.7 Å².